The summed E-state index contributed by atoms with van der Waals surface area (Å²) in [5, 5.41) is 11.1. The van der Waals surface area contributed by atoms with Gasteiger partial charge in [0.2, 0.25) is 5.88 Å². The van der Waals surface area contributed by atoms with Gasteiger partial charge in [0.15, 0.2) is 0 Å². The molecule has 2 aliphatic carbocycles. The summed E-state index contributed by atoms with van der Waals surface area (Å²) in [4.78, 5) is 5.05. The molecule has 0 amide bonds. The first kappa shape index (κ1) is 19.1. The van der Waals surface area contributed by atoms with Gasteiger partial charge in [0.1, 0.15) is 11.4 Å². The SMILES string of the molecule is C[C@@H]1CCC2[C@@H](C1)c1c(O)cc(C(C)(C)C3CCCCC3)nc1OC2(C)C. The van der Waals surface area contributed by atoms with Crippen LogP contribution < -0.4 is 4.74 Å². The van der Waals surface area contributed by atoms with Crippen LogP contribution in [0, 0.1) is 17.8 Å². The van der Waals surface area contributed by atoms with Gasteiger partial charge in [-0.1, -0.05) is 46.5 Å². The predicted molar refractivity (Wildman–Crippen MR) is 109 cm³/mol. The van der Waals surface area contributed by atoms with Crippen LogP contribution in [0.1, 0.15) is 103 Å². The van der Waals surface area contributed by atoms with Gasteiger partial charge in [0.05, 0.1) is 11.3 Å². The third kappa shape index (κ3) is 3.25. The summed E-state index contributed by atoms with van der Waals surface area (Å²) < 4.78 is 6.46. The highest BCUT2D eigenvalue weighted by Gasteiger charge is 2.48. The van der Waals surface area contributed by atoms with Crippen molar-refractivity contribution >= 4 is 0 Å². The lowest BCUT2D eigenvalue weighted by Gasteiger charge is -2.48. The van der Waals surface area contributed by atoms with E-state index in [4.69, 9.17) is 9.72 Å². The molecule has 1 aromatic rings. The minimum Gasteiger partial charge on any atom is -0.507 e. The van der Waals surface area contributed by atoms with E-state index in [-0.39, 0.29) is 11.0 Å². The average molecular weight is 372 g/mol. The number of nitrogens with zero attached hydrogens (tertiary/aromatic N) is 1. The maximum absolute atomic E-state index is 11.1. The van der Waals surface area contributed by atoms with Crippen LogP contribution in [0.2, 0.25) is 0 Å². The number of pyridine rings is 1. The highest BCUT2D eigenvalue weighted by atomic mass is 16.5. The van der Waals surface area contributed by atoms with E-state index in [1.807, 2.05) is 6.07 Å². The molecule has 1 N–H and O–H groups in total. The number of aromatic nitrogens is 1. The van der Waals surface area contributed by atoms with Crippen LogP contribution in [-0.4, -0.2) is 15.7 Å². The molecule has 0 bridgehead atoms. The zero-order valence-corrected chi connectivity index (χ0v) is 17.8. The van der Waals surface area contributed by atoms with E-state index in [0.717, 1.165) is 17.7 Å². The second-order valence-electron chi connectivity index (χ2n) is 10.6. The minimum atomic E-state index is -0.217. The summed E-state index contributed by atoms with van der Waals surface area (Å²) in [5.41, 5.74) is 1.74. The van der Waals surface area contributed by atoms with Crippen molar-refractivity contribution in [2.45, 2.75) is 103 Å². The van der Waals surface area contributed by atoms with E-state index >= 15 is 0 Å². The summed E-state index contributed by atoms with van der Waals surface area (Å²) in [5.74, 6) is 3.28. The number of hydrogen-bond acceptors (Lipinski definition) is 3. The predicted octanol–water partition coefficient (Wildman–Crippen LogP) is 6.34. The number of rotatable bonds is 2. The molecule has 1 unspecified atom stereocenters. The van der Waals surface area contributed by atoms with E-state index in [9.17, 15) is 5.11 Å². The van der Waals surface area contributed by atoms with Gasteiger partial charge >= 0.3 is 0 Å². The molecular weight excluding hydrogens is 334 g/mol. The zero-order chi connectivity index (χ0) is 19.4. The molecule has 150 valence electrons. The molecule has 3 heteroatoms. The van der Waals surface area contributed by atoms with Crippen LogP contribution in [0.4, 0.5) is 0 Å². The number of aromatic hydroxyl groups is 1. The fourth-order valence-electron chi connectivity index (χ4n) is 6.17. The van der Waals surface area contributed by atoms with Gasteiger partial charge in [-0.05, 0) is 57.3 Å². The second-order valence-corrected chi connectivity index (χ2v) is 10.6. The Morgan fingerprint density at radius 1 is 1.11 bits per heavy atom. The Morgan fingerprint density at radius 3 is 2.52 bits per heavy atom. The van der Waals surface area contributed by atoms with Crippen LogP contribution in [0.15, 0.2) is 6.07 Å². The summed E-state index contributed by atoms with van der Waals surface area (Å²) in [6, 6.07) is 1.96. The van der Waals surface area contributed by atoms with E-state index in [1.165, 1.54) is 44.9 Å². The summed E-state index contributed by atoms with van der Waals surface area (Å²) in [6.07, 6.45) is 10.1. The smallest absolute Gasteiger partial charge is 0.221 e. The Kier molecular flexibility index (Phi) is 4.71. The molecule has 3 aliphatic rings. The first-order chi connectivity index (χ1) is 12.7. The van der Waals surface area contributed by atoms with Crippen molar-refractivity contribution in [3.63, 3.8) is 0 Å². The van der Waals surface area contributed by atoms with Crippen molar-refractivity contribution in [2.24, 2.45) is 17.8 Å². The summed E-state index contributed by atoms with van der Waals surface area (Å²) >= 11 is 0. The van der Waals surface area contributed by atoms with E-state index in [0.29, 0.717) is 35.3 Å². The average Bonchev–Trinajstić information content (AvgIpc) is 2.61. The maximum atomic E-state index is 11.1. The quantitative estimate of drug-likeness (QED) is 0.660. The fraction of sp³-hybridized carbons (Fsp3) is 0.792. The highest BCUT2D eigenvalue weighted by molar-refractivity contribution is 5.48. The molecule has 2 fully saturated rings. The lowest BCUT2D eigenvalue weighted by molar-refractivity contribution is -0.0191. The Morgan fingerprint density at radius 2 is 1.81 bits per heavy atom. The molecule has 2 saturated carbocycles. The molecule has 0 radical (unpaired) electrons. The summed E-state index contributed by atoms with van der Waals surface area (Å²) in [7, 11) is 0. The Labute approximate surface area is 164 Å². The number of fused-ring (bicyclic) bond motifs is 3. The molecule has 4 rings (SSSR count). The molecule has 3 atom stereocenters. The second kappa shape index (κ2) is 6.67. The first-order valence-electron chi connectivity index (χ1n) is 11.1. The van der Waals surface area contributed by atoms with Gasteiger partial charge < -0.3 is 9.84 Å². The monoisotopic (exact) mass is 371 g/mol. The molecule has 1 aromatic heterocycles. The molecule has 0 aromatic carbocycles. The molecule has 3 nitrogen and oxygen atoms in total. The van der Waals surface area contributed by atoms with Gasteiger partial charge in [-0.3, -0.25) is 0 Å². The van der Waals surface area contributed by atoms with Crippen molar-refractivity contribution in [3.05, 3.63) is 17.3 Å². The van der Waals surface area contributed by atoms with Crippen molar-refractivity contribution in [3.8, 4) is 11.6 Å². The van der Waals surface area contributed by atoms with Crippen LogP contribution in [-0.2, 0) is 5.41 Å². The Bertz CT molecular complexity index is 703. The van der Waals surface area contributed by atoms with Crippen LogP contribution in [0.5, 0.6) is 11.6 Å². The summed E-state index contributed by atoms with van der Waals surface area (Å²) in [6.45, 7) is 11.4. The van der Waals surface area contributed by atoms with Crippen LogP contribution in [0.3, 0.4) is 0 Å². The Balaban J connectivity index is 1.74. The van der Waals surface area contributed by atoms with Gasteiger partial charge in [-0.2, -0.15) is 0 Å². The van der Waals surface area contributed by atoms with Crippen LogP contribution >= 0.6 is 0 Å². The van der Waals surface area contributed by atoms with Gasteiger partial charge in [-0.15, -0.1) is 0 Å². The van der Waals surface area contributed by atoms with Crippen LogP contribution in [0.25, 0.3) is 0 Å². The van der Waals surface area contributed by atoms with E-state index in [2.05, 4.69) is 34.6 Å². The molecule has 0 saturated heterocycles. The van der Waals surface area contributed by atoms with Crippen molar-refractivity contribution < 1.29 is 9.84 Å². The van der Waals surface area contributed by atoms with E-state index in [1.54, 1.807) is 0 Å². The van der Waals surface area contributed by atoms with Gasteiger partial charge in [0, 0.05) is 17.4 Å². The first-order valence-corrected chi connectivity index (χ1v) is 11.1. The topological polar surface area (TPSA) is 42.4 Å². The third-order valence-electron chi connectivity index (χ3n) is 8.02. The normalized spacial score (nSPS) is 30.9. The fourth-order valence-corrected chi connectivity index (χ4v) is 6.17. The lowest BCUT2D eigenvalue weighted by atomic mass is 9.64. The van der Waals surface area contributed by atoms with E-state index < -0.39 is 0 Å². The zero-order valence-electron chi connectivity index (χ0n) is 17.8. The minimum absolute atomic E-state index is 0.0306. The molecule has 2 heterocycles. The third-order valence-corrected chi connectivity index (χ3v) is 8.02. The van der Waals surface area contributed by atoms with Gasteiger partial charge in [-0.25, -0.2) is 4.98 Å². The maximum Gasteiger partial charge on any atom is 0.221 e. The number of hydrogen-bond donors (Lipinski definition) is 1. The molecule has 1 aliphatic heterocycles. The number of ether oxygens (including phenoxy) is 1. The van der Waals surface area contributed by atoms with Gasteiger partial charge in [0.25, 0.3) is 0 Å². The molecular formula is C24H37NO2. The lowest BCUT2D eigenvalue weighted by Crippen LogP contribution is -2.47. The van der Waals surface area contributed by atoms with Crippen molar-refractivity contribution in [1.29, 1.82) is 0 Å². The van der Waals surface area contributed by atoms with Crippen molar-refractivity contribution in [2.75, 3.05) is 0 Å². The Hall–Kier alpha value is -1.25. The molecule has 27 heavy (non-hydrogen) atoms. The van der Waals surface area contributed by atoms with Crippen molar-refractivity contribution in [1.82, 2.24) is 4.98 Å². The molecule has 0 spiro atoms. The largest absolute Gasteiger partial charge is 0.507 e. The highest BCUT2D eigenvalue weighted by Crippen LogP contribution is 2.55. The standard InChI is InChI=1S/C24H37NO2/c1-15-11-12-18-17(13-15)21-19(26)14-20(25-22(21)27-24(18,4)5)23(2,3)16-9-7-6-8-10-16/h14-18H,6-13H2,1-5H3,(H,25,26)/t15-,17-,18?/m1/s1.